The highest BCUT2D eigenvalue weighted by Crippen LogP contribution is 2.15. The molecule has 1 unspecified atom stereocenters. The fourth-order valence-corrected chi connectivity index (χ4v) is 2.62. The molecule has 0 radical (unpaired) electrons. The van der Waals surface area contributed by atoms with Crippen LogP contribution in [0.15, 0.2) is 30.3 Å². The average molecular weight is 289 g/mol. The van der Waals surface area contributed by atoms with Gasteiger partial charge in [-0.3, -0.25) is 9.59 Å². The lowest BCUT2D eigenvalue weighted by atomic mass is 10.0. The first-order valence-electron chi connectivity index (χ1n) is 7.41. The van der Waals surface area contributed by atoms with Crippen LogP contribution in [0.25, 0.3) is 0 Å². The van der Waals surface area contributed by atoms with Gasteiger partial charge in [-0.1, -0.05) is 30.3 Å². The molecule has 2 rings (SSSR count). The topological polar surface area (TPSA) is 66.6 Å². The fraction of sp³-hybridized carbons (Fsp3) is 0.500. The van der Waals surface area contributed by atoms with E-state index < -0.39 is 0 Å². The van der Waals surface area contributed by atoms with Gasteiger partial charge in [-0.2, -0.15) is 0 Å². The Balaban J connectivity index is 1.90. The largest absolute Gasteiger partial charge is 0.341 e. The normalized spacial score (nSPS) is 17.2. The highest BCUT2D eigenvalue weighted by molar-refractivity contribution is 5.77. The van der Waals surface area contributed by atoms with Crippen molar-refractivity contribution in [2.45, 2.75) is 25.8 Å². The first-order valence-corrected chi connectivity index (χ1v) is 7.41. The van der Waals surface area contributed by atoms with Crippen molar-refractivity contribution in [3.63, 3.8) is 0 Å². The number of carbonyl (C=O) groups excluding carboxylic acids is 2. The van der Waals surface area contributed by atoms with E-state index in [1.807, 2.05) is 35.2 Å². The van der Waals surface area contributed by atoms with E-state index in [4.69, 9.17) is 5.73 Å². The van der Waals surface area contributed by atoms with Gasteiger partial charge in [-0.15, -0.1) is 0 Å². The molecule has 1 aromatic carbocycles. The summed E-state index contributed by atoms with van der Waals surface area (Å²) in [5.41, 5.74) is 7.08. The molecule has 1 heterocycles. The third-order valence-corrected chi connectivity index (χ3v) is 3.92. The van der Waals surface area contributed by atoms with E-state index in [1.54, 1.807) is 11.8 Å². The summed E-state index contributed by atoms with van der Waals surface area (Å²) in [6.45, 7) is 4.21. The first-order chi connectivity index (χ1) is 10.1. The Morgan fingerprint density at radius 3 is 2.38 bits per heavy atom. The summed E-state index contributed by atoms with van der Waals surface area (Å²) in [5, 5.41) is 0. The second-order valence-corrected chi connectivity index (χ2v) is 5.46. The highest BCUT2D eigenvalue weighted by Gasteiger charge is 2.22. The van der Waals surface area contributed by atoms with Gasteiger partial charge in [0.1, 0.15) is 0 Å². The lowest BCUT2D eigenvalue weighted by Gasteiger charge is -2.23. The number of benzene rings is 1. The summed E-state index contributed by atoms with van der Waals surface area (Å²) >= 11 is 0. The van der Waals surface area contributed by atoms with E-state index in [0.29, 0.717) is 26.1 Å². The molecule has 21 heavy (non-hydrogen) atoms. The van der Waals surface area contributed by atoms with Crippen LogP contribution in [0.1, 0.15) is 31.4 Å². The number of nitrogens with two attached hydrogens (primary N) is 1. The second kappa shape index (κ2) is 7.22. The van der Waals surface area contributed by atoms with E-state index in [0.717, 1.165) is 18.5 Å². The summed E-state index contributed by atoms with van der Waals surface area (Å²) in [4.78, 5) is 27.4. The minimum atomic E-state index is -0.272. The number of hydrogen-bond acceptors (Lipinski definition) is 3. The standard InChI is InChI=1S/C16H23N3O2/c1-13(20)18-8-5-9-19(11-10-18)16(21)12-15(17)14-6-3-2-4-7-14/h2-4,6-7,15H,5,8-12,17H2,1H3. The fourth-order valence-electron chi connectivity index (χ4n) is 2.62. The van der Waals surface area contributed by atoms with Gasteiger partial charge < -0.3 is 15.5 Å². The van der Waals surface area contributed by atoms with Gasteiger partial charge in [0.2, 0.25) is 11.8 Å². The molecule has 114 valence electrons. The lowest BCUT2D eigenvalue weighted by Crippen LogP contribution is -2.37. The van der Waals surface area contributed by atoms with Gasteiger partial charge in [0.15, 0.2) is 0 Å². The van der Waals surface area contributed by atoms with Crippen LogP contribution in [0.5, 0.6) is 0 Å². The van der Waals surface area contributed by atoms with E-state index in [9.17, 15) is 9.59 Å². The van der Waals surface area contributed by atoms with Crippen molar-refractivity contribution in [3.05, 3.63) is 35.9 Å². The quantitative estimate of drug-likeness (QED) is 0.908. The van der Waals surface area contributed by atoms with Crippen molar-refractivity contribution in [1.82, 2.24) is 9.80 Å². The van der Waals surface area contributed by atoms with Crippen LogP contribution in [0.4, 0.5) is 0 Å². The third kappa shape index (κ3) is 4.29. The molecular weight excluding hydrogens is 266 g/mol. The molecule has 5 nitrogen and oxygen atoms in total. The molecule has 1 atom stereocenters. The van der Waals surface area contributed by atoms with Crippen LogP contribution in [0.3, 0.4) is 0 Å². The molecular formula is C16H23N3O2. The summed E-state index contributed by atoms with van der Waals surface area (Å²) in [7, 11) is 0. The second-order valence-electron chi connectivity index (χ2n) is 5.46. The smallest absolute Gasteiger partial charge is 0.224 e. The molecule has 2 N–H and O–H groups in total. The number of nitrogens with zero attached hydrogens (tertiary/aromatic N) is 2. The number of rotatable bonds is 3. The first kappa shape index (κ1) is 15.5. The molecule has 0 bridgehead atoms. The van der Waals surface area contributed by atoms with E-state index in [2.05, 4.69) is 0 Å². The van der Waals surface area contributed by atoms with Crippen molar-refractivity contribution in [2.75, 3.05) is 26.2 Å². The Labute approximate surface area is 125 Å². The maximum atomic E-state index is 12.4. The van der Waals surface area contributed by atoms with Crippen molar-refractivity contribution in [1.29, 1.82) is 0 Å². The molecule has 1 fully saturated rings. The molecule has 1 saturated heterocycles. The number of hydrogen-bond donors (Lipinski definition) is 1. The van der Waals surface area contributed by atoms with E-state index >= 15 is 0 Å². The zero-order valence-electron chi connectivity index (χ0n) is 12.5. The summed E-state index contributed by atoms with van der Waals surface area (Å²) < 4.78 is 0. The van der Waals surface area contributed by atoms with Crippen LogP contribution in [-0.2, 0) is 9.59 Å². The molecule has 0 aliphatic carbocycles. The summed E-state index contributed by atoms with van der Waals surface area (Å²) in [5.74, 6) is 0.141. The SMILES string of the molecule is CC(=O)N1CCCN(C(=O)CC(N)c2ccccc2)CC1. The molecule has 0 aromatic heterocycles. The van der Waals surface area contributed by atoms with Gasteiger partial charge in [0.25, 0.3) is 0 Å². The molecule has 1 aliphatic heterocycles. The molecule has 0 saturated carbocycles. The zero-order chi connectivity index (χ0) is 15.2. The van der Waals surface area contributed by atoms with Gasteiger partial charge >= 0.3 is 0 Å². The Hall–Kier alpha value is -1.88. The van der Waals surface area contributed by atoms with Crippen LogP contribution < -0.4 is 5.73 Å². The predicted octanol–water partition coefficient (Wildman–Crippen LogP) is 1.16. The van der Waals surface area contributed by atoms with Crippen molar-refractivity contribution >= 4 is 11.8 Å². The van der Waals surface area contributed by atoms with Crippen molar-refractivity contribution in [3.8, 4) is 0 Å². The molecule has 5 heteroatoms. The minimum absolute atomic E-state index is 0.0664. The van der Waals surface area contributed by atoms with Crippen molar-refractivity contribution < 1.29 is 9.59 Å². The van der Waals surface area contributed by atoms with Crippen molar-refractivity contribution in [2.24, 2.45) is 5.73 Å². The lowest BCUT2D eigenvalue weighted by molar-refractivity contribution is -0.132. The van der Waals surface area contributed by atoms with Crippen LogP contribution in [-0.4, -0.2) is 47.8 Å². The minimum Gasteiger partial charge on any atom is -0.341 e. The van der Waals surface area contributed by atoms with Gasteiger partial charge in [-0.05, 0) is 12.0 Å². The molecule has 1 aromatic rings. The summed E-state index contributed by atoms with van der Waals surface area (Å²) in [6.07, 6.45) is 1.13. The van der Waals surface area contributed by atoms with Crippen LogP contribution in [0.2, 0.25) is 0 Å². The number of amides is 2. The van der Waals surface area contributed by atoms with E-state index in [-0.39, 0.29) is 17.9 Å². The third-order valence-electron chi connectivity index (χ3n) is 3.92. The Kier molecular flexibility index (Phi) is 5.33. The predicted molar refractivity (Wildman–Crippen MR) is 81.4 cm³/mol. The summed E-state index contributed by atoms with van der Waals surface area (Å²) in [6, 6.07) is 9.40. The Morgan fingerprint density at radius 2 is 1.71 bits per heavy atom. The Bertz CT molecular complexity index is 490. The van der Waals surface area contributed by atoms with Gasteiger partial charge in [-0.25, -0.2) is 0 Å². The molecule has 0 spiro atoms. The maximum absolute atomic E-state index is 12.4. The Morgan fingerprint density at radius 1 is 1.10 bits per heavy atom. The molecule has 2 amide bonds. The van der Waals surface area contributed by atoms with Gasteiger partial charge in [0, 0.05) is 45.6 Å². The highest BCUT2D eigenvalue weighted by atomic mass is 16.2. The number of carbonyl (C=O) groups is 2. The van der Waals surface area contributed by atoms with Crippen LogP contribution in [0, 0.1) is 0 Å². The maximum Gasteiger partial charge on any atom is 0.224 e. The van der Waals surface area contributed by atoms with E-state index in [1.165, 1.54) is 0 Å². The monoisotopic (exact) mass is 289 g/mol. The zero-order valence-corrected chi connectivity index (χ0v) is 12.5. The average Bonchev–Trinajstić information content (AvgIpc) is 2.74. The van der Waals surface area contributed by atoms with Gasteiger partial charge in [0.05, 0.1) is 0 Å². The molecule has 1 aliphatic rings. The van der Waals surface area contributed by atoms with Crippen LogP contribution >= 0.6 is 0 Å².